The lowest BCUT2D eigenvalue weighted by Gasteiger charge is -2.26. The van der Waals surface area contributed by atoms with Gasteiger partial charge in [0.05, 0.1) is 11.3 Å². The molecular weight excluding hydrogens is 420 g/mol. The van der Waals surface area contributed by atoms with E-state index >= 15 is 0 Å². The molecule has 0 saturated heterocycles. The lowest BCUT2D eigenvalue weighted by atomic mass is 10.1. The predicted octanol–water partition coefficient (Wildman–Crippen LogP) is 4.36. The van der Waals surface area contributed by atoms with Crippen LogP contribution in [-0.2, 0) is 9.59 Å². The van der Waals surface area contributed by atoms with Crippen LogP contribution in [0.3, 0.4) is 0 Å². The molecule has 1 unspecified atom stereocenters. The van der Waals surface area contributed by atoms with E-state index in [1.54, 1.807) is 43.3 Å². The second-order valence-corrected chi connectivity index (χ2v) is 7.39. The number of benzene rings is 2. The average molecular weight is 436 g/mol. The van der Waals surface area contributed by atoms with Crippen LogP contribution >= 0.6 is 27.5 Å². The number of anilines is 2. The van der Waals surface area contributed by atoms with Crippen LogP contribution < -0.4 is 10.2 Å². The smallest absolute Gasteiger partial charge is 0.300 e. The maximum atomic E-state index is 12.9. The number of amides is 2. The zero-order chi connectivity index (χ0) is 19.0. The highest BCUT2D eigenvalue weighted by atomic mass is 79.9. The standard InChI is InChI=1S/C19H16BrClN2O3/c1-3-15(18(25)22-14-9-12(21)6-4-10(14)2)23-16-7-5-11(20)8-13(16)17(24)19(23)26/h4-9,15H,3H2,1-2H3,(H,22,25). The van der Waals surface area contributed by atoms with Gasteiger partial charge in [-0.15, -0.1) is 0 Å². The molecule has 134 valence electrons. The van der Waals surface area contributed by atoms with Crippen LogP contribution in [0.4, 0.5) is 11.4 Å². The van der Waals surface area contributed by atoms with Gasteiger partial charge in [0.2, 0.25) is 5.91 Å². The van der Waals surface area contributed by atoms with Gasteiger partial charge in [0.25, 0.3) is 11.7 Å². The maximum absolute atomic E-state index is 12.9. The first kappa shape index (κ1) is 18.6. The minimum Gasteiger partial charge on any atom is -0.324 e. The molecular formula is C19H16BrClN2O3. The van der Waals surface area contributed by atoms with Gasteiger partial charge < -0.3 is 5.32 Å². The molecule has 26 heavy (non-hydrogen) atoms. The van der Waals surface area contributed by atoms with Crippen molar-refractivity contribution in [1.82, 2.24) is 0 Å². The van der Waals surface area contributed by atoms with Crippen LogP contribution in [0.1, 0.15) is 29.3 Å². The number of rotatable bonds is 4. The highest BCUT2D eigenvalue weighted by molar-refractivity contribution is 9.10. The van der Waals surface area contributed by atoms with Crippen molar-refractivity contribution in [2.24, 2.45) is 0 Å². The number of carbonyl (C=O) groups is 3. The quantitative estimate of drug-likeness (QED) is 0.726. The molecule has 2 aromatic carbocycles. The summed E-state index contributed by atoms with van der Waals surface area (Å²) in [5.74, 6) is -1.66. The molecule has 0 fully saturated rings. The molecule has 0 aliphatic carbocycles. The summed E-state index contributed by atoms with van der Waals surface area (Å²) in [6.07, 6.45) is 0.361. The van der Waals surface area contributed by atoms with Crippen molar-refractivity contribution in [3.05, 3.63) is 57.0 Å². The van der Waals surface area contributed by atoms with E-state index in [-0.39, 0.29) is 5.91 Å². The van der Waals surface area contributed by atoms with E-state index < -0.39 is 17.7 Å². The SMILES string of the molecule is CCC(C(=O)Nc1cc(Cl)ccc1C)N1C(=O)C(=O)c2cc(Br)ccc21. The number of ketones is 1. The van der Waals surface area contributed by atoms with Gasteiger partial charge in [-0.3, -0.25) is 19.3 Å². The Labute approximate surface area is 164 Å². The van der Waals surface area contributed by atoms with E-state index in [1.165, 1.54) is 4.90 Å². The Morgan fingerprint density at radius 3 is 2.65 bits per heavy atom. The maximum Gasteiger partial charge on any atom is 0.300 e. The van der Waals surface area contributed by atoms with Gasteiger partial charge in [-0.2, -0.15) is 0 Å². The number of Topliss-reactive ketones (excluding diaryl/α,β-unsaturated/α-hetero) is 1. The molecule has 0 radical (unpaired) electrons. The van der Waals surface area contributed by atoms with Gasteiger partial charge >= 0.3 is 0 Å². The van der Waals surface area contributed by atoms with Crippen LogP contribution in [-0.4, -0.2) is 23.6 Å². The minimum absolute atomic E-state index is 0.301. The van der Waals surface area contributed by atoms with Crippen molar-refractivity contribution >= 4 is 56.5 Å². The molecule has 1 aliphatic heterocycles. The molecule has 3 rings (SSSR count). The number of aryl methyl sites for hydroxylation is 1. The van der Waals surface area contributed by atoms with E-state index in [1.807, 2.05) is 6.92 Å². The Morgan fingerprint density at radius 1 is 1.23 bits per heavy atom. The Hall–Kier alpha value is -2.18. The molecule has 1 aliphatic rings. The summed E-state index contributed by atoms with van der Waals surface area (Å²) in [6, 6.07) is 9.40. The lowest BCUT2D eigenvalue weighted by Crippen LogP contribution is -2.46. The molecule has 1 atom stereocenters. The number of nitrogens with zero attached hydrogens (tertiary/aromatic N) is 1. The van der Waals surface area contributed by atoms with Crippen LogP contribution in [0.15, 0.2) is 40.9 Å². The Morgan fingerprint density at radius 2 is 1.96 bits per heavy atom. The molecule has 1 N–H and O–H groups in total. The largest absolute Gasteiger partial charge is 0.324 e. The van der Waals surface area contributed by atoms with Crippen LogP contribution in [0.25, 0.3) is 0 Å². The fraction of sp³-hybridized carbons (Fsp3) is 0.211. The van der Waals surface area contributed by atoms with E-state index in [2.05, 4.69) is 21.2 Å². The van der Waals surface area contributed by atoms with Gasteiger partial charge in [-0.1, -0.05) is 40.5 Å². The fourth-order valence-electron chi connectivity index (χ4n) is 2.97. The van der Waals surface area contributed by atoms with Gasteiger partial charge in [0, 0.05) is 15.2 Å². The highest BCUT2D eigenvalue weighted by Crippen LogP contribution is 2.34. The topological polar surface area (TPSA) is 66.5 Å². The molecule has 0 saturated carbocycles. The molecule has 7 heteroatoms. The fourth-order valence-corrected chi connectivity index (χ4v) is 3.51. The second-order valence-electron chi connectivity index (χ2n) is 6.04. The van der Waals surface area contributed by atoms with Crippen LogP contribution in [0.2, 0.25) is 5.02 Å². The molecule has 0 spiro atoms. The minimum atomic E-state index is -0.799. The van der Waals surface area contributed by atoms with Crippen LogP contribution in [0, 0.1) is 6.92 Å². The first-order valence-electron chi connectivity index (χ1n) is 8.08. The first-order chi connectivity index (χ1) is 12.3. The molecule has 2 aromatic rings. The number of hydrogen-bond donors (Lipinski definition) is 1. The first-order valence-corrected chi connectivity index (χ1v) is 9.25. The number of fused-ring (bicyclic) bond motifs is 1. The third-order valence-corrected chi connectivity index (χ3v) is 5.06. The van der Waals surface area contributed by atoms with Crippen molar-refractivity contribution in [3.63, 3.8) is 0 Å². The summed E-state index contributed by atoms with van der Waals surface area (Å²) >= 11 is 9.30. The number of carbonyl (C=O) groups excluding carboxylic acids is 3. The van der Waals surface area contributed by atoms with Crippen molar-refractivity contribution in [3.8, 4) is 0 Å². The van der Waals surface area contributed by atoms with Gasteiger partial charge in [0.15, 0.2) is 0 Å². The number of nitrogens with one attached hydrogen (secondary N) is 1. The molecule has 1 heterocycles. The number of halogens is 2. The van der Waals surface area contributed by atoms with E-state index in [0.717, 1.165) is 5.56 Å². The Kier molecular flexibility index (Phi) is 5.16. The van der Waals surface area contributed by atoms with Crippen molar-refractivity contribution in [2.75, 3.05) is 10.2 Å². The van der Waals surface area contributed by atoms with Gasteiger partial charge in [0.1, 0.15) is 6.04 Å². The molecule has 5 nitrogen and oxygen atoms in total. The van der Waals surface area contributed by atoms with E-state index in [0.29, 0.717) is 32.9 Å². The Balaban J connectivity index is 1.94. The molecule has 0 aromatic heterocycles. The van der Waals surface area contributed by atoms with Gasteiger partial charge in [-0.25, -0.2) is 0 Å². The van der Waals surface area contributed by atoms with E-state index in [9.17, 15) is 14.4 Å². The van der Waals surface area contributed by atoms with Crippen molar-refractivity contribution in [1.29, 1.82) is 0 Å². The monoisotopic (exact) mass is 434 g/mol. The average Bonchev–Trinajstić information content (AvgIpc) is 2.84. The predicted molar refractivity (Wildman–Crippen MR) is 105 cm³/mol. The molecule has 0 bridgehead atoms. The van der Waals surface area contributed by atoms with E-state index in [4.69, 9.17) is 11.6 Å². The molecule has 2 amide bonds. The third kappa shape index (κ3) is 3.27. The van der Waals surface area contributed by atoms with Crippen molar-refractivity contribution in [2.45, 2.75) is 26.3 Å². The van der Waals surface area contributed by atoms with Crippen molar-refractivity contribution < 1.29 is 14.4 Å². The number of hydrogen-bond acceptors (Lipinski definition) is 3. The van der Waals surface area contributed by atoms with Gasteiger partial charge in [-0.05, 0) is 49.2 Å². The zero-order valence-corrected chi connectivity index (χ0v) is 16.5. The van der Waals surface area contributed by atoms with Crippen LogP contribution in [0.5, 0.6) is 0 Å². The third-order valence-electron chi connectivity index (χ3n) is 4.33. The summed E-state index contributed by atoms with van der Waals surface area (Å²) in [7, 11) is 0. The summed E-state index contributed by atoms with van der Waals surface area (Å²) in [5.41, 5.74) is 2.18. The normalized spacial score (nSPS) is 14.4. The lowest BCUT2D eigenvalue weighted by molar-refractivity contribution is -0.121. The summed E-state index contributed by atoms with van der Waals surface area (Å²) in [5, 5.41) is 3.32. The summed E-state index contributed by atoms with van der Waals surface area (Å²) in [6.45, 7) is 3.65. The summed E-state index contributed by atoms with van der Waals surface area (Å²) in [4.78, 5) is 38.9. The second kappa shape index (κ2) is 7.21. The zero-order valence-electron chi connectivity index (χ0n) is 14.2. The summed E-state index contributed by atoms with van der Waals surface area (Å²) < 4.78 is 0.700. The highest BCUT2D eigenvalue weighted by Gasteiger charge is 2.41. The Bertz CT molecular complexity index is 929.